The first-order valence-corrected chi connectivity index (χ1v) is 8.65. The van der Waals surface area contributed by atoms with Gasteiger partial charge in [0, 0.05) is 30.5 Å². The van der Waals surface area contributed by atoms with E-state index in [0.29, 0.717) is 18.7 Å². The van der Waals surface area contributed by atoms with Crippen LogP contribution in [0.4, 0.5) is 4.39 Å². The molecule has 0 aliphatic carbocycles. The minimum atomic E-state index is -0.412. The van der Waals surface area contributed by atoms with Crippen molar-refractivity contribution in [2.75, 3.05) is 0 Å². The van der Waals surface area contributed by atoms with Crippen LogP contribution in [0.2, 0.25) is 0 Å². The number of nitrogens with zero attached hydrogens (tertiary/aromatic N) is 3. The summed E-state index contributed by atoms with van der Waals surface area (Å²) in [6.45, 7) is 4.95. The lowest BCUT2D eigenvalue weighted by molar-refractivity contribution is 0.0682. The average molecular weight is 351 g/mol. The summed E-state index contributed by atoms with van der Waals surface area (Å²) in [6.07, 6.45) is 3.65. The van der Waals surface area contributed by atoms with E-state index < -0.39 is 5.82 Å². The van der Waals surface area contributed by atoms with Crippen LogP contribution in [0.25, 0.3) is 0 Å². The molecule has 0 saturated heterocycles. The largest absolute Gasteiger partial charge is 0.329 e. The third-order valence-corrected chi connectivity index (χ3v) is 4.26. The summed E-state index contributed by atoms with van der Waals surface area (Å²) in [5.74, 6) is 0.186. The van der Waals surface area contributed by atoms with Crippen LogP contribution >= 0.6 is 0 Å². The van der Waals surface area contributed by atoms with Crippen LogP contribution in [0.5, 0.6) is 0 Å². The van der Waals surface area contributed by atoms with E-state index in [1.807, 2.05) is 42.8 Å². The van der Waals surface area contributed by atoms with Crippen LogP contribution in [-0.4, -0.2) is 26.4 Å². The molecule has 0 atom stereocenters. The zero-order valence-electron chi connectivity index (χ0n) is 15.0. The lowest BCUT2D eigenvalue weighted by atomic mass is 10.1. The van der Waals surface area contributed by atoms with Crippen LogP contribution in [0.1, 0.15) is 35.6 Å². The second kappa shape index (κ2) is 7.95. The first kappa shape index (κ1) is 17.9. The Morgan fingerprint density at radius 1 is 1.15 bits per heavy atom. The predicted octanol–water partition coefficient (Wildman–Crippen LogP) is 4.12. The number of hydrogen-bond acceptors (Lipinski definition) is 2. The smallest absolute Gasteiger partial charge is 0.254 e. The number of aromatic nitrogens is 2. The molecule has 1 aromatic heterocycles. The number of imidazole rings is 1. The number of amides is 1. The van der Waals surface area contributed by atoms with Gasteiger partial charge in [-0.15, -0.1) is 0 Å². The number of carbonyl (C=O) groups excluding carboxylic acids is 1. The summed E-state index contributed by atoms with van der Waals surface area (Å²) < 4.78 is 15.5. The summed E-state index contributed by atoms with van der Waals surface area (Å²) in [5.41, 5.74) is 1.51. The van der Waals surface area contributed by atoms with Crippen molar-refractivity contribution in [1.29, 1.82) is 0 Å². The van der Waals surface area contributed by atoms with E-state index in [2.05, 4.69) is 17.1 Å². The van der Waals surface area contributed by atoms with Crippen LogP contribution in [-0.2, 0) is 13.1 Å². The summed E-state index contributed by atoms with van der Waals surface area (Å²) in [4.78, 5) is 19.0. The molecule has 134 valence electrons. The van der Waals surface area contributed by atoms with Gasteiger partial charge in [0.05, 0.1) is 6.54 Å². The van der Waals surface area contributed by atoms with Gasteiger partial charge >= 0.3 is 0 Å². The number of benzene rings is 2. The van der Waals surface area contributed by atoms with E-state index >= 15 is 0 Å². The van der Waals surface area contributed by atoms with Gasteiger partial charge in [-0.1, -0.05) is 36.4 Å². The molecule has 3 rings (SSSR count). The molecule has 0 bridgehead atoms. The normalized spacial score (nSPS) is 10.9. The molecule has 2 aromatic carbocycles. The molecule has 0 aliphatic heterocycles. The van der Waals surface area contributed by atoms with Crippen molar-refractivity contribution in [3.63, 3.8) is 0 Å². The van der Waals surface area contributed by atoms with Crippen LogP contribution < -0.4 is 0 Å². The van der Waals surface area contributed by atoms with Crippen molar-refractivity contribution >= 4 is 5.91 Å². The van der Waals surface area contributed by atoms with Gasteiger partial charge in [-0.3, -0.25) is 4.79 Å². The van der Waals surface area contributed by atoms with E-state index in [1.54, 1.807) is 23.2 Å². The van der Waals surface area contributed by atoms with Crippen molar-refractivity contribution in [2.45, 2.75) is 33.0 Å². The molecule has 1 heterocycles. The van der Waals surface area contributed by atoms with Gasteiger partial charge in [-0.25, -0.2) is 9.37 Å². The zero-order chi connectivity index (χ0) is 18.5. The average Bonchev–Trinajstić information content (AvgIpc) is 3.06. The maximum atomic E-state index is 13.5. The molecular weight excluding hydrogens is 329 g/mol. The van der Waals surface area contributed by atoms with Crippen LogP contribution in [0.3, 0.4) is 0 Å². The Labute approximate surface area is 152 Å². The first-order chi connectivity index (χ1) is 12.5. The van der Waals surface area contributed by atoms with Gasteiger partial charge < -0.3 is 9.47 Å². The Hall–Kier alpha value is -2.95. The van der Waals surface area contributed by atoms with Gasteiger partial charge in [0.15, 0.2) is 0 Å². The second-order valence-corrected chi connectivity index (χ2v) is 6.49. The second-order valence-electron chi connectivity index (χ2n) is 6.49. The fraction of sp³-hybridized carbons (Fsp3) is 0.238. The van der Waals surface area contributed by atoms with E-state index in [4.69, 9.17) is 0 Å². The quantitative estimate of drug-likeness (QED) is 0.670. The van der Waals surface area contributed by atoms with Crippen molar-refractivity contribution in [2.24, 2.45) is 0 Å². The van der Waals surface area contributed by atoms with Gasteiger partial charge in [0.2, 0.25) is 0 Å². The highest BCUT2D eigenvalue weighted by Crippen LogP contribution is 2.15. The summed E-state index contributed by atoms with van der Waals surface area (Å²) >= 11 is 0. The van der Waals surface area contributed by atoms with Gasteiger partial charge in [0.1, 0.15) is 11.6 Å². The molecule has 0 saturated carbocycles. The molecule has 26 heavy (non-hydrogen) atoms. The van der Waals surface area contributed by atoms with E-state index in [1.165, 1.54) is 17.7 Å². The molecule has 0 spiro atoms. The molecule has 0 unspecified atom stereocenters. The summed E-state index contributed by atoms with van der Waals surface area (Å²) in [7, 11) is 0. The van der Waals surface area contributed by atoms with Crippen molar-refractivity contribution in [3.05, 3.63) is 89.8 Å². The molecule has 0 radical (unpaired) electrons. The molecule has 1 amide bonds. The number of hydrogen-bond donors (Lipinski definition) is 0. The maximum Gasteiger partial charge on any atom is 0.254 e. The van der Waals surface area contributed by atoms with Gasteiger partial charge in [0.25, 0.3) is 5.91 Å². The van der Waals surface area contributed by atoms with Crippen LogP contribution in [0.15, 0.2) is 67.0 Å². The first-order valence-electron chi connectivity index (χ1n) is 8.65. The third kappa shape index (κ3) is 4.17. The highest BCUT2D eigenvalue weighted by Gasteiger charge is 2.21. The highest BCUT2D eigenvalue weighted by molar-refractivity contribution is 5.94. The fourth-order valence-corrected chi connectivity index (χ4v) is 2.84. The monoisotopic (exact) mass is 351 g/mol. The van der Waals surface area contributed by atoms with Crippen molar-refractivity contribution in [3.8, 4) is 0 Å². The third-order valence-electron chi connectivity index (χ3n) is 4.26. The fourth-order valence-electron chi connectivity index (χ4n) is 2.84. The maximum absolute atomic E-state index is 13.5. The Morgan fingerprint density at radius 2 is 1.92 bits per heavy atom. The topological polar surface area (TPSA) is 38.1 Å². The molecule has 4 nitrogen and oxygen atoms in total. The van der Waals surface area contributed by atoms with Gasteiger partial charge in [-0.05, 0) is 37.6 Å². The minimum absolute atomic E-state index is 0.0346. The van der Waals surface area contributed by atoms with Crippen molar-refractivity contribution < 1.29 is 9.18 Å². The van der Waals surface area contributed by atoms with Crippen LogP contribution in [0, 0.1) is 5.82 Å². The lowest BCUT2D eigenvalue weighted by Gasteiger charge is -2.27. The van der Waals surface area contributed by atoms with E-state index in [0.717, 1.165) is 5.82 Å². The zero-order valence-corrected chi connectivity index (χ0v) is 15.0. The molecule has 3 aromatic rings. The number of rotatable bonds is 6. The molecular formula is C21H22FN3O. The predicted molar refractivity (Wildman–Crippen MR) is 99.2 cm³/mol. The summed E-state index contributed by atoms with van der Waals surface area (Å²) in [6, 6.07) is 15.9. The van der Waals surface area contributed by atoms with Crippen molar-refractivity contribution in [1.82, 2.24) is 14.5 Å². The Balaban J connectivity index is 1.81. The minimum Gasteiger partial charge on any atom is -0.329 e. The van der Waals surface area contributed by atoms with E-state index in [9.17, 15) is 9.18 Å². The molecule has 0 fully saturated rings. The highest BCUT2D eigenvalue weighted by atomic mass is 19.1. The SMILES string of the molecule is CC(C)N(Cc1nccn1Cc1ccccc1)C(=O)c1cccc(F)c1. The lowest BCUT2D eigenvalue weighted by Crippen LogP contribution is -2.37. The van der Waals surface area contributed by atoms with E-state index in [-0.39, 0.29) is 11.9 Å². The Kier molecular flexibility index (Phi) is 5.46. The van der Waals surface area contributed by atoms with Gasteiger partial charge in [-0.2, -0.15) is 0 Å². The summed E-state index contributed by atoms with van der Waals surface area (Å²) in [5, 5.41) is 0. The number of carbonyl (C=O) groups is 1. The standard InChI is InChI=1S/C21H22FN3O/c1-16(2)25(21(26)18-9-6-10-19(22)13-18)15-20-23-11-12-24(20)14-17-7-4-3-5-8-17/h3-13,16H,14-15H2,1-2H3. The number of halogens is 1. The molecule has 0 aliphatic rings. The molecule has 5 heteroatoms. The molecule has 0 N–H and O–H groups in total. The Morgan fingerprint density at radius 3 is 2.62 bits per heavy atom. The Bertz CT molecular complexity index is 874.